The smallest absolute Gasteiger partial charge is 0.137 e. The molecule has 0 aromatic carbocycles. The van der Waals surface area contributed by atoms with Crippen LogP contribution in [0.1, 0.15) is 56.4 Å². The largest absolute Gasteiger partial charge is 0.360 e. The van der Waals surface area contributed by atoms with Crippen molar-refractivity contribution in [3.8, 4) is 0 Å². The highest BCUT2D eigenvalue weighted by Gasteiger charge is 2.17. The first-order chi connectivity index (χ1) is 9.52. The number of imidazole rings is 1. The maximum atomic E-state index is 6.20. The number of anilines is 1. The number of nitrogens with one attached hydrogen (secondary N) is 2. The van der Waals surface area contributed by atoms with Crippen molar-refractivity contribution in [3.63, 3.8) is 0 Å². The Morgan fingerprint density at radius 2 is 2.10 bits per heavy atom. The van der Waals surface area contributed by atoms with E-state index in [1.165, 1.54) is 0 Å². The van der Waals surface area contributed by atoms with Crippen LogP contribution >= 0.6 is 11.6 Å². The molecular formula is C14H20ClN5. The van der Waals surface area contributed by atoms with E-state index in [1.807, 2.05) is 13.1 Å². The second-order valence-electron chi connectivity index (χ2n) is 5.08. The van der Waals surface area contributed by atoms with Crippen LogP contribution < -0.4 is 5.32 Å². The summed E-state index contributed by atoms with van der Waals surface area (Å²) in [5.74, 6) is 2.65. The number of aromatic amines is 1. The molecule has 2 heterocycles. The summed E-state index contributed by atoms with van der Waals surface area (Å²) in [5, 5.41) is 3.91. The van der Waals surface area contributed by atoms with Gasteiger partial charge in [-0.25, -0.2) is 15.0 Å². The van der Waals surface area contributed by atoms with E-state index < -0.39 is 0 Å². The molecular weight excluding hydrogens is 274 g/mol. The third-order valence-corrected chi connectivity index (χ3v) is 3.56. The van der Waals surface area contributed by atoms with Gasteiger partial charge in [0.05, 0.1) is 6.04 Å². The van der Waals surface area contributed by atoms with E-state index in [0.29, 0.717) is 5.15 Å². The first-order valence-electron chi connectivity index (χ1n) is 6.82. The molecule has 20 heavy (non-hydrogen) atoms. The van der Waals surface area contributed by atoms with Gasteiger partial charge in [-0.1, -0.05) is 32.4 Å². The maximum absolute atomic E-state index is 6.20. The summed E-state index contributed by atoms with van der Waals surface area (Å²) in [6.45, 7) is 8.12. The van der Waals surface area contributed by atoms with Crippen molar-refractivity contribution in [2.24, 2.45) is 0 Å². The highest BCUT2D eigenvalue weighted by Crippen LogP contribution is 2.26. The van der Waals surface area contributed by atoms with Gasteiger partial charge < -0.3 is 10.3 Å². The molecule has 0 aliphatic carbocycles. The van der Waals surface area contributed by atoms with Crippen molar-refractivity contribution in [2.45, 2.75) is 46.1 Å². The normalized spacial score (nSPS) is 12.7. The Balaban J connectivity index is 2.32. The van der Waals surface area contributed by atoms with Gasteiger partial charge in [0.15, 0.2) is 0 Å². The Labute approximate surface area is 124 Å². The molecule has 0 spiro atoms. The number of rotatable bonds is 5. The second kappa shape index (κ2) is 6.22. The van der Waals surface area contributed by atoms with E-state index in [0.717, 1.165) is 29.5 Å². The van der Waals surface area contributed by atoms with Gasteiger partial charge in [0, 0.05) is 23.9 Å². The highest BCUT2D eigenvalue weighted by molar-refractivity contribution is 6.30. The monoisotopic (exact) mass is 293 g/mol. The van der Waals surface area contributed by atoms with Gasteiger partial charge in [-0.15, -0.1) is 0 Å². The minimum Gasteiger partial charge on any atom is -0.360 e. The van der Waals surface area contributed by atoms with Crippen molar-refractivity contribution in [1.82, 2.24) is 19.9 Å². The number of hydrogen-bond donors (Lipinski definition) is 2. The zero-order valence-corrected chi connectivity index (χ0v) is 13.0. The Morgan fingerprint density at radius 1 is 1.35 bits per heavy atom. The lowest BCUT2D eigenvalue weighted by Gasteiger charge is -2.18. The van der Waals surface area contributed by atoms with Crippen LogP contribution in [-0.4, -0.2) is 19.9 Å². The lowest BCUT2D eigenvalue weighted by atomic mass is 10.2. The van der Waals surface area contributed by atoms with Gasteiger partial charge >= 0.3 is 0 Å². The molecule has 2 rings (SSSR count). The molecule has 0 fully saturated rings. The van der Waals surface area contributed by atoms with Crippen LogP contribution in [-0.2, 0) is 0 Å². The van der Waals surface area contributed by atoms with Crippen LogP contribution in [0, 0.1) is 6.92 Å². The average molecular weight is 294 g/mol. The van der Waals surface area contributed by atoms with Crippen LogP contribution in [0.4, 0.5) is 5.82 Å². The molecule has 2 N–H and O–H groups in total. The summed E-state index contributed by atoms with van der Waals surface area (Å²) in [6, 6.07) is 0.0784. The van der Waals surface area contributed by atoms with Crippen molar-refractivity contribution < 1.29 is 0 Å². The molecule has 1 atom stereocenters. The van der Waals surface area contributed by atoms with E-state index in [9.17, 15) is 0 Å². The van der Waals surface area contributed by atoms with Gasteiger partial charge in [-0.05, 0) is 13.3 Å². The van der Waals surface area contributed by atoms with E-state index in [4.69, 9.17) is 11.6 Å². The zero-order chi connectivity index (χ0) is 14.7. The van der Waals surface area contributed by atoms with E-state index in [1.54, 1.807) is 6.20 Å². The molecule has 5 nitrogen and oxygen atoms in total. The molecule has 0 aliphatic heterocycles. The highest BCUT2D eigenvalue weighted by atomic mass is 35.5. The molecule has 2 aromatic rings. The van der Waals surface area contributed by atoms with E-state index in [-0.39, 0.29) is 12.0 Å². The first kappa shape index (κ1) is 14.8. The summed E-state index contributed by atoms with van der Waals surface area (Å²) >= 11 is 6.20. The van der Waals surface area contributed by atoms with Crippen LogP contribution in [0.25, 0.3) is 0 Å². The number of hydrogen-bond acceptors (Lipinski definition) is 4. The predicted molar refractivity (Wildman–Crippen MR) is 81.1 cm³/mol. The van der Waals surface area contributed by atoms with Gasteiger partial charge in [0.1, 0.15) is 22.6 Å². The average Bonchev–Trinajstić information content (AvgIpc) is 2.93. The van der Waals surface area contributed by atoms with Crippen LogP contribution in [0.5, 0.6) is 0 Å². The summed E-state index contributed by atoms with van der Waals surface area (Å²) in [4.78, 5) is 16.3. The lowest BCUT2D eigenvalue weighted by molar-refractivity contribution is 0.692. The van der Waals surface area contributed by atoms with Crippen LogP contribution in [0.3, 0.4) is 0 Å². The summed E-state index contributed by atoms with van der Waals surface area (Å²) in [7, 11) is 0. The number of aromatic nitrogens is 4. The quantitative estimate of drug-likeness (QED) is 0.822. The lowest BCUT2D eigenvalue weighted by Crippen LogP contribution is -2.15. The Morgan fingerprint density at radius 3 is 2.65 bits per heavy atom. The topological polar surface area (TPSA) is 66.5 Å². The third kappa shape index (κ3) is 3.10. The van der Waals surface area contributed by atoms with Gasteiger partial charge in [-0.2, -0.15) is 0 Å². The number of nitrogens with zero attached hydrogens (tertiary/aromatic N) is 3. The fourth-order valence-corrected chi connectivity index (χ4v) is 2.08. The second-order valence-corrected chi connectivity index (χ2v) is 5.44. The summed E-state index contributed by atoms with van der Waals surface area (Å²) in [5.41, 5.74) is 0.862. The molecule has 0 radical (unpaired) electrons. The minimum absolute atomic E-state index is 0.0784. The van der Waals surface area contributed by atoms with Gasteiger partial charge in [-0.3, -0.25) is 0 Å². The Hall–Kier alpha value is -1.62. The first-order valence-corrected chi connectivity index (χ1v) is 7.20. The SMILES string of the molecule is CCC(Nc1nc(C(C)C)nc(Cl)c1C)c1ncc[nH]1. The van der Waals surface area contributed by atoms with Crippen LogP contribution in [0.2, 0.25) is 5.15 Å². The van der Waals surface area contributed by atoms with Gasteiger partial charge in [0.25, 0.3) is 0 Å². The van der Waals surface area contributed by atoms with Crippen molar-refractivity contribution in [2.75, 3.05) is 5.32 Å². The van der Waals surface area contributed by atoms with Gasteiger partial charge in [0.2, 0.25) is 0 Å². The molecule has 0 saturated heterocycles. The fraction of sp³-hybridized carbons (Fsp3) is 0.500. The maximum Gasteiger partial charge on any atom is 0.137 e. The summed E-state index contributed by atoms with van der Waals surface area (Å²) in [6.07, 6.45) is 4.46. The standard InChI is InChI=1S/C14H20ClN5/c1-5-10(14-16-6-7-17-14)18-13-9(4)11(15)19-12(20-13)8(2)3/h6-8,10H,5H2,1-4H3,(H,16,17)(H,18,19,20). The molecule has 6 heteroatoms. The predicted octanol–water partition coefficient (Wildman–Crippen LogP) is 3.85. The molecule has 2 aromatic heterocycles. The third-order valence-electron chi connectivity index (χ3n) is 3.19. The Bertz CT molecular complexity index is 565. The zero-order valence-electron chi connectivity index (χ0n) is 12.2. The molecule has 0 saturated carbocycles. The summed E-state index contributed by atoms with van der Waals surface area (Å²) < 4.78 is 0. The molecule has 1 unspecified atom stereocenters. The molecule has 108 valence electrons. The number of H-pyrrole nitrogens is 1. The van der Waals surface area contributed by atoms with Crippen molar-refractivity contribution in [3.05, 3.63) is 34.8 Å². The van der Waals surface area contributed by atoms with Crippen molar-refractivity contribution >= 4 is 17.4 Å². The van der Waals surface area contributed by atoms with Crippen LogP contribution in [0.15, 0.2) is 12.4 Å². The van der Waals surface area contributed by atoms with Crippen molar-refractivity contribution in [1.29, 1.82) is 0 Å². The molecule has 0 bridgehead atoms. The van der Waals surface area contributed by atoms with E-state index in [2.05, 4.69) is 46.0 Å². The Kier molecular flexibility index (Phi) is 4.60. The van der Waals surface area contributed by atoms with E-state index >= 15 is 0 Å². The minimum atomic E-state index is 0.0784. The molecule has 0 aliphatic rings. The fourth-order valence-electron chi connectivity index (χ4n) is 1.90. The number of halogens is 1. The molecule has 0 amide bonds.